The third kappa shape index (κ3) is 9.77. The summed E-state index contributed by atoms with van der Waals surface area (Å²) in [6, 6.07) is 0. The predicted molar refractivity (Wildman–Crippen MR) is 181 cm³/mol. The van der Waals surface area contributed by atoms with Gasteiger partial charge in [-0.1, -0.05) is 6.08 Å². The Bertz CT molecular complexity index is 1510. The first-order chi connectivity index (χ1) is 24.1. The zero-order chi connectivity index (χ0) is 35.6. The summed E-state index contributed by atoms with van der Waals surface area (Å²) < 4.78 is 33.3. The summed E-state index contributed by atoms with van der Waals surface area (Å²) in [6.45, 7) is 5.90. The van der Waals surface area contributed by atoms with E-state index < -0.39 is 12.1 Å². The Labute approximate surface area is 290 Å². The van der Waals surface area contributed by atoms with Crippen molar-refractivity contribution >= 4 is 35.6 Å². The number of hydrogen-bond acceptors (Lipinski definition) is 13. The number of hydrogen-bond donors (Lipinski definition) is 2. The molecule has 3 N–H and O–H groups in total. The van der Waals surface area contributed by atoms with Gasteiger partial charge in [0.1, 0.15) is 5.69 Å². The highest BCUT2D eigenvalue weighted by Crippen LogP contribution is 2.30. The molecule has 0 spiro atoms. The Balaban J connectivity index is 1.10. The summed E-state index contributed by atoms with van der Waals surface area (Å²) in [6.07, 6.45) is 3.73. The molecule has 272 valence electrons. The zero-order valence-corrected chi connectivity index (χ0v) is 28.6. The molecule has 0 radical (unpaired) electrons. The number of nitrogens with two attached hydrogens (primary N) is 1. The van der Waals surface area contributed by atoms with Crippen LogP contribution >= 0.6 is 0 Å². The minimum absolute atomic E-state index is 0.0131. The first-order valence-electron chi connectivity index (χ1n) is 17.0. The van der Waals surface area contributed by atoms with Gasteiger partial charge in [-0.3, -0.25) is 14.4 Å². The van der Waals surface area contributed by atoms with Crippen LogP contribution < -0.4 is 20.9 Å². The molecule has 2 aromatic heterocycles. The quantitative estimate of drug-likeness (QED) is 0.232. The van der Waals surface area contributed by atoms with Crippen LogP contribution in [0.3, 0.4) is 0 Å². The van der Waals surface area contributed by atoms with Gasteiger partial charge >= 0.3 is 0 Å². The molecule has 5 rings (SSSR count). The topological polar surface area (TPSA) is 179 Å². The third-order valence-electron chi connectivity index (χ3n) is 8.88. The van der Waals surface area contributed by atoms with Crippen molar-refractivity contribution in [1.29, 1.82) is 0 Å². The molecular weight excluding hydrogens is 654 g/mol. The smallest absolute Gasteiger partial charge is 0.281 e. The van der Waals surface area contributed by atoms with Crippen LogP contribution in [-0.2, 0) is 19.1 Å². The van der Waals surface area contributed by atoms with Crippen LogP contribution in [0, 0.1) is 5.92 Å². The number of carbonyl (C=O) groups is 3. The van der Waals surface area contributed by atoms with E-state index in [1.165, 1.54) is 6.20 Å². The summed E-state index contributed by atoms with van der Waals surface area (Å²) in [4.78, 5) is 68.8. The van der Waals surface area contributed by atoms with E-state index in [1.54, 1.807) is 15.9 Å². The molecule has 0 bridgehead atoms. The Morgan fingerprint density at radius 2 is 1.62 bits per heavy atom. The predicted octanol–water partition coefficient (Wildman–Crippen LogP) is 0.586. The number of carbonyl (C=O) groups excluding carboxylic acids is 3. The van der Waals surface area contributed by atoms with Crippen molar-refractivity contribution in [3.8, 4) is 11.4 Å². The first-order valence-corrected chi connectivity index (χ1v) is 17.0. The molecule has 0 aliphatic carbocycles. The molecule has 0 atom stereocenters. The van der Waals surface area contributed by atoms with E-state index in [0.29, 0.717) is 110 Å². The molecule has 0 saturated carbocycles. The van der Waals surface area contributed by atoms with Gasteiger partial charge in [-0.25, -0.2) is 18.7 Å². The van der Waals surface area contributed by atoms with Crippen LogP contribution in [0.15, 0.2) is 18.3 Å². The van der Waals surface area contributed by atoms with Crippen molar-refractivity contribution in [2.24, 2.45) is 5.92 Å². The second-order valence-electron chi connectivity index (χ2n) is 12.7. The molecule has 3 aliphatic heterocycles. The van der Waals surface area contributed by atoms with E-state index in [9.17, 15) is 23.2 Å². The van der Waals surface area contributed by atoms with E-state index in [-0.39, 0.29) is 47.4 Å². The van der Waals surface area contributed by atoms with Crippen molar-refractivity contribution in [3.63, 3.8) is 0 Å². The number of piperazine rings is 1. The number of rotatable bonds is 12. The van der Waals surface area contributed by atoms with Gasteiger partial charge in [-0.2, -0.15) is 15.0 Å². The monoisotopic (exact) mass is 700 g/mol. The summed E-state index contributed by atoms with van der Waals surface area (Å²) in [5.74, 6) is 0.140. The first kappa shape index (κ1) is 36.7. The Morgan fingerprint density at radius 3 is 2.26 bits per heavy atom. The van der Waals surface area contributed by atoms with Crippen molar-refractivity contribution in [2.75, 3.05) is 108 Å². The standard InChI is InChI=1S/C32H46F2N12O4/c1-42(2)10-4-6-25(48)43-11-7-22(8-12-43)29(49)36-9-3-5-24(47)44-13-15-45(16-14-44)31-39-28(23-21-37-30(35)38-26(23)27(33)34)40-32(41-31)46-17-19-50-20-18-46/h4,6,21-22,27H,3,5,7-20H2,1-2H3,(H,36,49)(H2,35,37,38)/b6-4+. The van der Waals surface area contributed by atoms with Crippen molar-refractivity contribution < 1.29 is 27.9 Å². The van der Waals surface area contributed by atoms with Crippen LogP contribution in [0.25, 0.3) is 11.4 Å². The third-order valence-corrected chi connectivity index (χ3v) is 8.88. The number of ether oxygens (including phenoxy) is 1. The lowest BCUT2D eigenvalue weighted by Gasteiger charge is -2.35. The fraction of sp³-hybridized carbons (Fsp3) is 0.625. The van der Waals surface area contributed by atoms with Gasteiger partial charge in [0, 0.05) is 90.1 Å². The largest absolute Gasteiger partial charge is 0.378 e. The molecule has 18 heteroatoms. The Hall–Kier alpha value is -4.58. The second-order valence-corrected chi connectivity index (χ2v) is 12.7. The van der Waals surface area contributed by atoms with Crippen LogP contribution in [-0.4, -0.2) is 150 Å². The van der Waals surface area contributed by atoms with E-state index in [4.69, 9.17) is 10.5 Å². The van der Waals surface area contributed by atoms with Crippen molar-refractivity contribution in [1.82, 2.24) is 44.9 Å². The maximum Gasteiger partial charge on any atom is 0.281 e. The Kier molecular flexibility index (Phi) is 12.8. The highest BCUT2D eigenvalue weighted by Gasteiger charge is 2.28. The molecule has 0 aromatic carbocycles. The second kappa shape index (κ2) is 17.4. The van der Waals surface area contributed by atoms with Gasteiger partial charge in [0.15, 0.2) is 5.82 Å². The molecule has 0 unspecified atom stereocenters. The lowest BCUT2D eigenvalue weighted by Crippen LogP contribution is -2.49. The fourth-order valence-corrected chi connectivity index (χ4v) is 6.01. The fourth-order valence-electron chi connectivity index (χ4n) is 6.01. The number of halogens is 2. The minimum atomic E-state index is -2.92. The number of alkyl halides is 2. The van der Waals surface area contributed by atoms with Gasteiger partial charge in [-0.05, 0) is 33.4 Å². The highest BCUT2D eigenvalue weighted by molar-refractivity contribution is 5.88. The SMILES string of the molecule is CN(C)C/C=C/C(=O)N1CCC(C(=O)NCCCC(=O)N2CCN(c3nc(-c4cnc(N)nc4C(F)F)nc(N4CCOCC4)n3)CC2)CC1. The van der Waals surface area contributed by atoms with Gasteiger partial charge in [0.2, 0.25) is 35.6 Å². The molecule has 3 aliphatic rings. The number of likely N-dealkylation sites (tertiary alicyclic amines) is 1. The number of nitrogens with one attached hydrogen (secondary N) is 1. The summed E-state index contributed by atoms with van der Waals surface area (Å²) in [5.41, 5.74) is 4.99. The molecule has 5 heterocycles. The average Bonchev–Trinajstić information content (AvgIpc) is 3.13. The van der Waals surface area contributed by atoms with Crippen molar-refractivity contribution in [2.45, 2.75) is 32.1 Å². The molecule has 3 amide bonds. The van der Waals surface area contributed by atoms with Crippen LogP contribution in [0.4, 0.5) is 26.6 Å². The molecular formula is C32H46F2N12O4. The van der Waals surface area contributed by atoms with E-state index in [2.05, 4.69) is 30.2 Å². The van der Waals surface area contributed by atoms with Crippen LogP contribution in [0.1, 0.15) is 37.8 Å². The number of likely N-dealkylation sites (N-methyl/N-ethyl adjacent to an activating group) is 1. The summed E-state index contributed by atoms with van der Waals surface area (Å²) in [7, 11) is 3.87. The number of nitrogens with zero attached hydrogens (tertiary/aromatic N) is 10. The number of amides is 3. The van der Waals surface area contributed by atoms with E-state index in [0.717, 1.165) is 0 Å². The summed E-state index contributed by atoms with van der Waals surface area (Å²) >= 11 is 0. The van der Waals surface area contributed by atoms with Crippen LogP contribution in [0.2, 0.25) is 0 Å². The van der Waals surface area contributed by atoms with Gasteiger partial charge in [0.25, 0.3) is 6.43 Å². The van der Waals surface area contributed by atoms with Gasteiger partial charge in [-0.15, -0.1) is 0 Å². The Morgan fingerprint density at radius 1 is 0.960 bits per heavy atom. The zero-order valence-electron chi connectivity index (χ0n) is 28.6. The van der Waals surface area contributed by atoms with Crippen LogP contribution in [0.5, 0.6) is 0 Å². The lowest BCUT2D eigenvalue weighted by atomic mass is 9.95. The molecule has 3 saturated heterocycles. The summed E-state index contributed by atoms with van der Waals surface area (Å²) in [5, 5.41) is 2.96. The molecule has 50 heavy (non-hydrogen) atoms. The number of aromatic nitrogens is 5. The van der Waals surface area contributed by atoms with Gasteiger partial charge in [0.05, 0.1) is 18.8 Å². The van der Waals surface area contributed by atoms with E-state index >= 15 is 0 Å². The minimum Gasteiger partial charge on any atom is -0.378 e. The van der Waals surface area contributed by atoms with E-state index in [1.807, 2.05) is 34.9 Å². The number of nitrogen functional groups attached to an aromatic ring is 1. The normalized spacial score (nSPS) is 17.6. The molecule has 2 aromatic rings. The maximum atomic E-state index is 13.9. The number of anilines is 3. The number of morpholine rings is 1. The highest BCUT2D eigenvalue weighted by atomic mass is 19.3. The maximum absolute atomic E-state index is 13.9. The lowest BCUT2D eigenvalue weighted by molar-refractivity contribution is -0.132. The molecule has 3 fully saturated rings. The van der Waals surface area contributed by atoms with Crippen molar-refractivity contribution in [3.05, 3.63) is 24.0 Å². The number of piperidine rings is 1. The van der Waals surface area contributed by atoms with Gasteiger partial charge < -0.3 is 40.3 Å². The molecule has 16 nitrogen and oxygen atoms in total. The average molecular weight is 701 g/mol.